The van der Waals surface area contributed by atoms with Crippen LogP contribution in [0.2, 0.25) is 5.02 Å². The van der Waals surface area contributed by atoms with E-state index in [1.165, 1.54) is 5.56 Å². The van der Waals surface area contributed by atoms with E-state index in [0.29, 0.717) is 6.61 Å². The molecular weight excluding hydrogens is 260 g/mol. The molecular formula is C16H15ClO2. The fourth-order valence-electron chi connectivity index (χ4n) is 2.45. The van der Waals surface area contributed by atoms with Crippen molar-refractivity contribution in [3.63, 3.8) is 0 Å². The molecule has 1 aliphatic rings. The van der Waals surface area contributed by atoms with E-state index in [-0.39, 0.29) is 6.10 Å². The van der Waals surface area contributed by atoms with Gasteiger partial charge in [0.05, 0.1) is 6.10 Å². The highest BCUT2D eigenvalue weighted by Gasteiger charge is 2.20. The van der Waals surface area contributed by atoms with Crippen LogP contribution < -0.4 is 4.74 Å². The minimum atomic E-state index is -0.308. The molecule has 98 valence electrons. The van der Waals surface area contributed by atoms with Gasteiger partial charge in [0, 0.05) is 5.02 Å². The summed E-state index contributed by atoms with van der Waals surface area (Å²) in [7, 11) is 0. The van der Waals surface area contributed by atoms with Gasteiger partial charge in [0.25, 0.3) is 0 Å². The van der Waals surface area contributed by atoms with Crippen LogP contribution in [-0.2, 0) is 13.0 Å². The molecule has 0 aliphatic heterocycles. The van der Waals surface area contributed by atoms with Gasteiger partial charge < -0.3 is 9.84 Å². The summed E-state index contributed by atoms with van der Waals surface area (Å²) in [5, 5.41) is 10.5. The first kappa shape index (κ1) is 12.5. The van der Waals surface area contributed by atoms with Crippen molar-refractivity contribution in [2.45, 2.75) is 25.6 Å². The fraction of sp³-hybridized carbons (Fsp3) is 0.250. The van der Waals surface area contributed by atoms with Crippen LogP contribution in [0.4, 0.5) is 0 Å². The van der Waals surface area contributed by atoms with E-state index in [9.17, 15) is 5.11 Å². The predicted molar refractivity (Wildman–Crippen MR) is 75.5 cm³/mol. The monoisotopic (exact) mass is 274 g/mol. The molecule has 1 atom stereocenters. The van der Waals surface area contributed by atoms with Crippen LogP contribution in [0.1, 0.15) is 29.2 Å². The normalized spacial score (nSPS) is 17.3. The van der Waals surface area contributed by atoms with Crippen LogP contribution in [0.15, 0.2) is 42.5 Å². The Labute approximate surface area is 117 Å². The second kappa shape index (κ2) is 5.24. The van der Waals surface area contributed by atoms with Crippen LogP contribution in [0.3, 0.4) is 0 Å². The molecule has 0 unspecified atom stereocenters. The fourth-order valence-corrected chi connectivity index (χ4v) is 2.67. The second-order valence-electron chi connectivity index (χ2n) is 4.83. The number of rotatable bonds is 3. The first-order valence-electron chi connectivity index (χ1n) is 6.40. The highest BCUT2D eigenvalue weighted by Crippen LogP contribution is 2.33. The molecule has 2 nitrogen and oxygen atoms in total. The number of hydrogen-bond donors (Lipinski definition) is 1. The molecule has 0 aromatic heterocycles. The summed E-state index contributed by atoms with van der Waals surface area (Å²) in [5.74, 6) is 0.841. The van der Waals surface area contributed by atoms with Gasteiger partial charge in [0.15, 0.2) is 0 Å². The third kappa shape index (κ3) is 2.75. The van der Waals surface area contributed by atoms with Crippen molar-refractivity contribution in [3.05, 3.63) is 64.2 Å². The van der Waals surface area contributed by atoms with Crippen LogP contribution in [0, 0.1) is 0 Å². The average Bonchev–Trinajstić information content (AvgIpc) is 2.78. The smallest absolute Gasteiger partial charge is 0.120 e. The number of ether oxygens (including phenoxy) is 1. The van der Waals surface area contributed by atoms with Gasteiger partial charge in [-0.1, -0.05) is 29.8 Å². The van der Waals surface area contributed by atoms with Crippen molar-refractivity contribution >= 4 is 11.6 Å². The summed E-state index contributed by atoms with van der Waals surface area (Å²) in [5.41, 5.74) is 3.28. The molecule has 0 fully saturated rings. The van der Waals surface area contributed by atoms with E-state index < -0.39 is 0 Å². The lowest BCUT2D eigenvalue weighted by Crippen LogP contribution is -1.96. The molecule has 1 aliphatic carbocycles. The average molecular weight is 275 g/mol. The Morgan fingerprint density at radius 3 is 2.95 bits per heavy atom. The molecule has 3 rings (SSSR count). The zero-order chi connectivity index (χ0) is 13.2. The lowest BCUT2D eigenvalue weighted by molar-refractivity contribution is 0.180. The first-order chi connectivity index (χ1) is 9.22. The number of aryl methyl sites for hydroxylation is 1. The Hall–Kier alpha value is -1.51. The van der Waals surface area contributed by atoms with E-state index in [1.807, 2.05) is 42.5 Å². The number of hydrogen-bond acceptors (Lipinski definition) is 2. The van der Waals surface area contributed by atoms with Gasteiger partial charge in [-0.3, -0.25) is 0 Å². The molecule has 19 heavy (non-hydrogen) atoms. The standard InChI is InChI=1S/C16H15ClO2/c17-13-3-1-2-11(8-13)10-19-14-5-6-15-12(9-14)4-7-16(15)18/h1-3,5-6,8-9,16,18H,4,7,10H2/t16-/m0/s1. The maximum atomic E-state index is 9.76. The van der Waals surface area contributed by atoms with Crippen LogP contribution in [-0.4, -0.2) is 5.11 Å². The molecule has 2 aromatic carbocycles. The summed E-state index contributed by atoms with van der Waals surface area (Å²) >= 11 is 5.94. The molecule has 0 saturated carbocycles. The maximum absolute atomic E-state index is 9.76. The summed E-state index contributed by atoms with van der Waals surface area (Å²) in [4.78, 5) is 0. The van der Waals surface area contributed by atoms with Gasteiger partial charge in [-0.25, -0.2) is 0 Å². The number of fused-ring (bicyclic) bond motifs is 1. The zero-order valence-electron chi connectivity index (χ0n) is 10.5. The van der Waals surface area contributed by atoms with Crippen molar-refractivity contribution in [3.8, 4) is 5.75 Å². The van der Waals surface area contributed by atoms with Gasteiger partial charge in [0.1, 0.15) is 12.4 Å². The SMILES string of the molecule is O[C@H]1CCc2cc(OCc3cccc(Cl)c3)ccc21. The Bertz CT molecular complexity index is 595. The van der Waals surface area contributed by atoms with Crippen molar-refractivity contribution in [2.75, 3.05) is 0 Å². The number of aliphatic hydroxyl groups is 1. The minimum Gasteiger partial charge on any atom is -0.489 e. The summed E-state index contributed by atoms with van der Waals surface area (Å²) < 4.78 is 5.77. The lowest BCUT2D eigenvalue weighted by atomic mass is 10.1. The molecule has 0 heterocycles. The summed E-state index contributed by atoms with van der Waals surface area (Å²) in [6.07, 6.45) is 1.43. The Morgan fingerprint density at radius 1 is 1.21 bits per heavy atom. The van der Waals surface area contributed by atoms with Crippen LogP contribution >= 0.6 is 11.6 Å². The molecule has 3 heteroatoms. The Morgan fingerprint density at radius 2 is 2.11 bits per heavy atom. The van der Waals surface area contributed by atoms with E-state index >= 15 is 0 Å². The molecule has 0 radical (unpaired) electrons. The summed E-state index contributed by atoms with van der Waals surface area (Å²) in [6, 6.07) is 13.6. The van der Waals surface area contributed by atoms with Crippen LogP contribution in [0.25, 0.3) is 0 Å². The van der Waals surface area contributed by atoms with Gasteiger partial charge in [-0.05, 0) is 53.8 Å². The van der Waals surface area contributed by atoms with Crippen molar-refractivity contribution < 1.29 is 9.84 Å². The summed E-state index contributed by atoms with van der Waals surface area (Å²) in [6.45, 7) is 0.502. The first-order valence-corrected chi connectivity index (χ1v) is 6.78. The minimum absolute atomic E-state index is 0.308. The Kier molecular flexibility index (Phi) is 3.45. The van der Waals surface area contributed by atoms with Crippen molar-refractivity contribution in [2.24, 2.45) is 0 Å². The van der Waals surface area contributed by atoms with Gasteiger partial charge >= 0.3 is 0 Å². The topological polar surface area (TPSA) is 29.5 Å². The Balaban J connectivity index is 1.71. The van der Waals surface area contributed by atoms with Gasteiger partial charge in [0.2, 0.25) is 0 Å². The third-order valence-corrected chi connectivity index (χ3v) is 3.69. The van der Waals surface area contributed by atoms with Crippen molar-refractivity contribution in [1.29, 1.82) is 0 Å². The zero-order valence-corrected chi connectivity index (χ0v) is 11.2. The maximum Gasteiger partial charge on any atom is 0.120 e. The van der Waals surface area contributed by atoms with E-state index in [1.54, 1.807) is 0 Å². The van der Waals surface area contributed by atoms with E-state index in [2.05, 4.69) is 0 Å². The largest absolute Gasteiger partial charge is 0.489 e. The molecule has 0 bridgehead atoms. The highest BCUT2D eigenvalue weighted by molar-refractivity contribution is 6.30. The highest BCUT2D eigenvalue weighted by atomic mass is 35.5. The van der Waals surface area contributed by atoms with Gasteiger partial charge in [-0.15, -0.1) is 0 Å². The predicted octanol–water partition coefficient (Wildman–Crippen LogP) is 3.90. The number of benzene rings is 2. The van der Waals surface area contributed by atoms with Crippen LogP contribution in [0.5, 0.6) is 5.75 Å². The van der Waals surface area contributed by atoms with Crippen molar-refractivity contribution in [1.82, 2.24) is 0 Å². The molecule has 2 aromatic rings. The molecule has 1 N–H and O–H groups in total. The quantitative estimate of drug-likeness (QED) is 0.920. The molecule has 0 amide bonds. The van der Waals surface area contributed by atoms with E-state index in [0.717, 1.165) is 34.7 Å². The third-order valence-electron chi connectivity index (χ3n) is 3.46. The second-order valence-corrected chi connectivity index (χ2v) is 5.27. The van der Waals surface area contributed by atoms with Gasteiger partial charge in [-0.2, -0.15) is 0 Å². The number of aliphatic hydroxyl groups excluding tert-OH is 1. The van der Waals surface area contributed by atoms with E-state index in [4.69, 9.17) is 16.3 Å². The molecule has 0 saturated heterocycles. The lowest BCUT2D eigenvalue weighted by Gasteiger charge is -2.09. The molecule has 0 spiro atoms. The number of halogens is 1.